The van der Waals surface area contributed by atoms with E-state index in [-0.39, 0.29) is 11.9 Å². The lowest BCUT2D eigenvalue weighted by Crippen LogP contribution is -2.12. The number of nitrogens with two attached hydrogens (primary N) is 1. The molecule has 7 nitrogen and oxygen atoms in total. The quantitative estimate of drug-likeness (QED) is 0.400. The lowest BCUT2D eigenvalue weighted by Gasteiger charge is -2.18. The zero-order valence-electron chi connectivity index (χ0n) is 17.4. The fourth-order valence-corrected chi connectivity index (χ4v) is 3.65. The van der Waals surface area contributed by atoms with Crippen LogP contribution < -0.4 is 15.8 Å². The second-order valence-electron chi connectivity index (χ2n) is 7.28. The molecule has 1 aromatic heterocycles. The van der Waals surface area contributed by atoms with Gasteiger partial charge < -0.3 is 20.9 Å². The summed E-state index contributed by atoms with van der Waals surface area (Å²) in [4.78, 5) is 19.7. The normalized spacial score (nSPS) is 14.8. The van der Waals surface area contributed by atoms with Crippen molar-refractivity contribution in [3.05, 3.63) is 52.7 Å². The maximum Gasteiger partial charge on any atom is 0.328 e. The molecule has 0 amide bonds. The molecule has 1 aliphatic carbocycles. The lowest BCUT2D eigenvalue weighted by atomic mass is 9.93. The summed E-state index contributed by atoms with van der Waals surface area (Å²) in [6, 6.07) is 5.65. The van der Waals surface area contributed by atoms with E-state index in [1.54, 1.807) is 13.2 Å². The van der Waals surface area contributed by atoms with Crippen molar-refractivity contribution in [2.75, 3.05) is 24.7 Å². The molecule has 0 aliphatic heterocycles. The number of fused-ring (bicyclic) bond motifs is 1. The monoisotopic (exact) mass is 408 g/mol. The Bertz CT molecular complexity index is 969. The molecule has 0 saturated heterocycles. The van der Waals surface area contributed by atoms with Gasteiger partial charge in [-0.3, -0.25) is 0 Å². The molecular formula is C23H28N4O3. The summed E-state index contributed by atoms with van der Waals surface area (Å²) in [7, 11) is 1.63. The van der Waals surface area contributed by atoms with Crippen molar-refractivity contribution in [3.63, 3.8) is 0 Å². The van der Waals surface area contributed by atoms with E-state index < -0.39 is 5.97 Å². The predicted molar refractivity (Wildman–Crippen MR) is 120 cm³/mol. The highest BCUT2D eigenvalue weighted by atomic mass is 16.5. The van der Waals surface area contributed by atoms with Gasteiger partial charge >= 0.3 is 5.97 Å². The standard InChI is InChI=1S/C23H28N4O3/c1-3-4-5-12-25-22-21-16(8-9-18(21)26-23(24)27-22)14-17-13-15(7-11-20(28)29)6-10-19(17)30-2/h6-11,13,16H,3-5,12,14H2,1-2H3,(H,28,29)(H3,24,25,26,27)/b11-7+. The number of aromatic nitrogens is 2. The number of hydrogen-bond acceptors (Lipinski definition) is 6. The average Bonchev–Trinajstić information content (AvgIpc) is 3.12. The Kier molecular flexibility index (Phi) is 7.06. The van der Waals surface area contributed by atoms with Gasteiger partial charge in [0.25, 0.3) is 0 Å². The highest BCUT2D eigenvalue weighted by Crippen LogP contribution is 2.38. The maximum absolute atomic E-state index is 10.8. The van der Waals surface area contributed by atoms with Crippen molar-refractivity contribution in [1.29, 1.82) is 0 Å². The van der Waals surface area contributed by atoms with Gasteiger partial charge in [-0.05, 0) is 48.3 Å². The van der Waals surface area contributed by atoms with Crippen molar-refractivity contribution in [1.82, 2.24) is 9.97 Å². The van der Waals surface area contributed by atoms with Crippen molar-refractivity contribution in [2.24, 2.45) is 0 Å². The smallest absolute Gasteiger partial charge is 0.328 e. The Morgan fingerprint density at radius 1 is 1.33 bits per heavy atom. The Morgan fingerprint density at radius 2 is 2.17 bits per heavy atom. The van der Waals surface area contributed by atoms with Gasteiger partial charge in [0, 0.05) is 24.1 Å². The number of unbranched alkanes of at least 4 members (excludes halogenated alkanes) is 2. The van der Waals surface area contributed by atoms with E-state index in [9.17, 15) is 4.79 Å². The fraction of sp³-hybridized carbons (Fsp3) is 0.348. The summed E-state index contributed by atoms with van der Waals surface area (Å²) in [5.74, 6) is 0.897. The van der Waals surface area contributed by atoms with Gasteiger partial charge in [0.05, 0.1) is 12.8 Å². The maximum atomic E-state index is 10.8. The van der Waals surface area contributed by atoms with Crippen LogP contribution in [-0.4, -0.2) is 34.7 Å². The molecule has 0 radical (unpaired) electrons. The van der Waals surface area contributed by atoms with E-state index in [0.29, 0.717) is 6.42 Å². The lowest BCUT2D eigenvalue weighted by molar-refractivity contribution is -0.131. The van der Waals surface area contributed by atoms with Crippen molar-refractivity contribution in [2.45, 2.75) is 38.5 Å². The number of hydrogen-bond donors (Lipinski definition) is 3. The number of aliphatic carboxylic acids is 1. The number of anilines is 2. The van der Waals surface area contributed by atoms with Crippen molar-refractivity contribution >= 4 is 29.9 Å². The summed E-state index contributed by atoms with van der Waals surface area (Å²) >= 11 is 0. The topological polar surface area (TPSA) is 110 Å². The molecule has 4 N–H and O–H groups in total. The molecule has 1 aromatic carbocycles. The molecule has 1 unspecified atom stereocenters. The molecule has 2 aromatic rings. The first kappa shape index (κ1) is 21.4. The van der Waals surface area contributed by atoms with Gasteiger partial charge in [0.15, 0.2) is 0 Å². The van der Waals surface area contributed by atoms with Gasteiger partial charge in [-0.15, -0.1) is 0 Å². The summed E-state index contributed by atoms with van der Waals surface area (Å²) < 4.78 is 5.53. The minimum Gasteiger partial charge on any atom is -0.496 e. The van der Waals surface area contributed by atoms with E-state index in [0.717, 1.165) is 65.8 Å². The number of nitrogens with one attached hydrogen (secondary N) is 1. The van der Waals surface area contributed by atoms with E-state index in [1.165, 1.54) is 0 Å². The number of nitrogen functional groups attached to an aromatic ring is 1. The van der Waals surface area contributed by atoms with Crippen LogP contribution in [0.15, 0.2) is 30.4 Å². The first-order valence-electron chi connectivity index (χ1n) is 10.2. The van der Waals surface area contributed by atoms with Crippen LogP contribution in [0.1, 0.15) is 54.5 Å². The van der Waals surface area contributed by atoms with Gasteiger partial charge in [0.2, 0.25) is 5.95 Å². The van der Waals surface area contributed by atoms with Crippen LogP contribution in [0.2, 0.25) is 0 Å². The number of nitrogens with zero attached hydrogens (tertiary/aromatic N) is 2. The fourth-order valence-electron chi connectivity index (χ4n) is 3.65. The van der Waals surface area contributed by atoms with Gasteiger partial charge in [-0.25, -0.2) is 9.78 Å². The molecule has 3 rings (SSSR count). The number of carboxylic acid groups (broad SMARTS) is 1. The molecule has 0 fully saturated rings. The number of benzene rings is 1. The minimum atomic E-state index is -0.978. The molecule has 30 heavy (non-hydrogen) atoms. The largest absolute Gasteiger partial charge is 0.496 e. The third-order valence-electron chi connectivity index (χ3n) is 5.09. The van der Waals surface area contributed by atoms with E-state index in [1.807, 2.05) is 24.3 Å². The summed E-state index contributed by atoms with van der Waals surface area (Å²) in [6.45, 7) is 3.01. The Balaban J connectivity index is 1.87. The zero-order valence-corrected chi connectivity index (χ0v) is 17.4. The number of ether oxygens (including phenoxy) is 1. The Morgan fingerprint density at radius 3 is 2.90 bits per heavy atom. The van der Waals surface area contributed by atoms with Gasteiger partial charge in [0.1, 0.15) is 11.6 Å². The van der Waals surface area contributed by atoms with E-state index in [2.05, 4.69) is 28.3 Å². The Labute approximate surface area is 176 Å². The molecule has 0 spiro atoms. The predicted octanol–water partition coefficient (Wildman–Crippen LogP) is 4.12. The SMILES string of the molecule is CCCCCNc1nc(N)nc2c1C(Cc1cc(/C=C/C(=O)O)ccc1OC)C=C2. The molecule has 7 heteroatoms. The molecule has 0 saturated carbocycles. The average molecular weight is 409 g/mol. The van der Waals surface area contributed by atoms with Crippen LogP contribution in [0.3, 0.4) is 0 Å². The second-order valence-corrected chi connectivity index (χ2v) is 7.28. The van der Waals surface area contributed by atoms with Crippen LogP contribution >= 0.6 is 0 Å². The highest BCUT2D eigenvalue weighted by molar-refractivity contribution is 5.85. The van der Waals surface area contributed by atoms with E-state index >= 15 is 0 Å². The van der Waals surface area contributed by atoms with Crippen LogP contribution in [0.4, 0.5) is 11.8 Å². The highest BCUT2D eigenvalue weighted by Gasteiger charge is 2.25. The van der Waals surface area contributed by atoms with E-state index in [4.69, 9.17) is 15.6 Å². The van der Waals surface area contributed by atoms with Crippen LogP contribution in [-0.2, 0) is 11.2 Å². The summed E-state index contributed by atoms with van der Waals surface area (Å²) in [5.41, 5.74) is 9.58. The number of carboxylic acids is 1. The van der Waals surface area contributed by atoms with Crippen LogP contribution in [0, 0.1) is 0 Å². The Hall–Kier alpha value is -3.35. The van der Waals surface area contributed by atoms with Crippen molar-refractivity contribution in [3.8, 4) is 5.75 Å². The first-order chi connectivity index (χ1) is 14.5. The zero-order chi connectivity index (χ0) is 21.5. The molecule has 158 valence electrons. The number of rotatable bonds is 10. The van der Waals surface area contributed by atoms with Gasteiger partial charge in [-0.2, -0.15) is 4.98 Å². The molecule has 1 aliphatic rings. The first-order valence-corrected chi connectivity index (χ1v) is 10.2. The minimum absolute atomic E-state index is 0.0712. The summed E-state index contributed by atoms with van der Waals surface area (Å²) in [6.07, 6.45) is 10.9. The van der Waals surface area contributed by atoms with Gasteiger partial charge in [-0.1, -0.05) is 31.9 Å². The number of methoxy groups -OCH3 is 1. The molecular weight excluding hydrogens is 380 g/mol. The number of carbonyl (C=O) groups is 1. The van der Waals surface area contributed by atoms with Crippen molar-refractivity contribution < 1.29 is 14.6 Å². The number of allylic oxidation sites excluding steroid dienone is 1. The summed E-state index contributed by atoms with van der Waals surface area (Å²) in [5, 5.41) is 12.3. The third-order valence-corrected chi connectivity index (χ3v) is 5.09. The molecule has 0 bridgehead atoms. The van der Waals surface area contributed by atoms with Crippen LogP contribution in [0.5, 0.6) is 5.75 Å². The second kappa shape index (κ2) is 9.91. The molecule has 1 atom stereocenters. The molecule has 1 heterocycles. The van der Waals surface area contributed by atoms with Crippen LogP contribution in [0.25, 0.3) is 12.2 Å². The third kappa shape index (κ3) is 5.17.